The van der Waals surface area contributed by atoms with Gasteiger partial charge in [-0.2, -0.15) is 13.2 Å². The van der Waals surface area contributed by atoms with Gasteiger partial charge in [-0.3, -0.25) is 4.79 Å². The van der Waals surface area contributed by atoms with Crippen molar-refractivity contribution >= 4 is 24.5 Å². The van der Waals surface area contributed by atoms with Gasteiger partial charge in [0.25, 0.3) is 5.91 Å². The fourth-order valence-corrected chi connectivity index (χ4v) is 3.99. The van der Waals surface area contributed by atoms with Gasteiger partial charge in [0.2, 0.25) is 0 Å². The molecule has 8 heteroatoms. The number of carboxylic acid groups (broad SMARTS) is 1. The average Bonchev–Trinajstić information content (AvgIpc) is 3.19. The summed E-state index contributed by atoms with van der Waals surface area (Å²) in [4.78, 5) is 26.8. The van der Waals surface area contributed by atoms with Gasteiger partial charge in [-0.05, 0) is 36.6 Å². The first kappa shape index (κ1) is 21.2. The summed E-state index contributed by atoms with van der Waals surface area (Å²) in [6.07, 6.45) is -1.77. The Kier molecular flexibility index (Phi) is 6.21. The molecule has 154 valence electrons. The Balaban J connectivity index is 2.10. The fraction of sp³-hybridized carbons (Fsp3) is 0.333. The highest BCUT2D eigenvalue weighted by Crippen LogP contribution is 2.36. The number of benzene rings is 2. The SMILES string of the molecule is O=C(O)C(c1ccccc1)N(C(=O)c1cc(C(F)(F)F)ccc1S)C1CCCC1. The third-order valence-corrected chi connectivity index (χ3v) is 5.52. The van der Waals surface area contributed by atoms with E-state index in [1.165, 1.54) is 4.90 Å². The first-order valence-corrected chi connectivity index (χ1v) is 9.65. The molecule has 4 nitrogen and oxygen atoms in total. The van der Waals surface area contributed by atoms with Gasteiger partial charge in [-0.15, -0.1) is 12.6 Å². The number of carbonyl (C=O) groups excluding carboxylic acids is 1. The van der Waals surface area contributed by atoms with Crippen LogP contribution in [0.1, 0.15) is 53.2 Å². The molecular weight excluding hydrogens is 403 g/mol. The van der Waals surface area contributed by atoms with Crippen molar-refractivity contribution < 1.29 is 27.9 Å². The van der Waals surface area contributed by atoms with E-state index < -0.39 is 29.7 Å². The van der Waals surface area contributed by atoms with Gasteiger partial charge >= 0.3 is 12.1 Å². The molecule has 0 aromatic heterocycles. The van der Waals surface area contributed by atoms with Crippen molar-refractivity contribution in [3.8, 4) is 0 Å². The van der Waals surface area contributed by atoms with Crippen LogP contribution in [0.25, 0.3) is 0 Å². The molecule has 1 atom stereocenters. The monoisotopic (exact) mass is 423 g/mol. The number of carbonyl (C=O) groups is 2. The molecule has 1 saturated carbocycles. The number of nitrogens with zero attached hydrogens (tertiary/aromatic N) is 1. The van der Waals surface area contributed by atoms with Crippen molar-refractivity contribution in [1.29, 1.82) is 0 Å². The second kappa shape index (κ2) is 8.49. The molecule has 0 aliphatic heterocycles. The fourth-order valence-electron chi connectivity index (χ4n) is 3.76. The molecule has 2 aromatic carbocycles. The smallest absolute Gasteiger partial charge is 0.416 e. The minimum atomic E-state index is -4.62. The van der Waals surface area contributed by atoms with Crippen molar-refractivity contribution in [2.45, 2.75) is 48.8 Å². The van der Waals surface area contributed by atoms with E-state index in [2.05, 4.69) is 12.6 Å². The van der Waals surface area contributed by atoms with E-state index in [0.29, 0.717) is 18.4 Å². The Morgan fingerprint density at radius 2 is 1.69 bits per heavy atom. The van der Waals surface area contributed by atoms with Crippen LogP contribution in [0.3, 0.4) is 0 Å². The molecule has 1 amide bonds. The summed E-state index contributed by atoms with van der Waals surface area (Å²) in [7, 11) is 0. The molecule has 29 heavy (non-hydrogen) atoms. The first-order chi connectivity index (χ1) is 13.7. The van der Waals surface area contributed by atoms with Crippen molar-refractivity contribution in [3.05, 3.63) is 65.2 Å². The Hall–Kier alpha value is -2.48. The first-order valence-electron chi connectivity index (χ1n) is 9.20. The third kappa shape index (κ3) is 4.58. The zero-order valence-corrected chi connectivity index (χ0v) is 16.3. The number of thiol groups is 1. The average molecular weight is 423 g/mol. The highest BCUT2D eigenvalue weighted by Gasteiger charge is 2.39. The maximum absolute atomic E-state index is 13.4. The lowest BCUT2D eigenvalue weighted by Crippen LogP contribution is -2.45. The molecule has 1 aliphatic rings. The lowest BCUT2D eigenvalue weighted by molar-refractivity contribution is -0.143. The summed E-state index contributed by atoms with van der Waals surface area (Å²) in [5.74, 6) is -1.99. The Morgan fingerprint density at radius 1 is 1.07 bits per heavy atom. The quantitative estimate of drug-likeness (QED) is 0.650. The standard InChI is InChI=1S/C21H20F3NO3S/c22-21(23,24)14-10-11-17(29)16(12-14)19(26)25(15-8-4-5-9-15)18(20(27)28)13-6-2-1-3-7-13/h1-3,6-7,10-12,15,18,29H,4-5,8-9H2,(H,27,28). The molecule has 1 fully saturated rings. The van der Waals surface area contributed by atoms with E-state index in [0.717, 1.165) is 31.0 Å². The molecule has 0 saturated heterocycles. The molecule has 0 bridgehead atoms. The highest BCUT2D eigenvalue weighted by molar-refractivity contribution is 7.80. The van der Waals surface area contributed by atoms with Gasteiger partial charge in [-0.1, -0.05) is 43.2 Å². The van der Waals surface area contributed by atoms with Gasteiger partial charge in [0, 0.05) is 10.9 Å². The second-order valence-electron chi connectivity index (χ2n) is 7.03. The van der Waals surface area contributed by atoms with Crippen molar-refractivity contribution in [2.75, 3.05) is 0 Å². The number of amides is 1. The number of alkyl halides is 3. The van der Waals surface area contributed by atoms with Crippen LogP contribution in [0.2, 0.25) is 0 Å². The summed E-state index contributed by atoms with van der Waals surface area (Å²) >= 11 is 4.16. The Labute approximate surface area is 171 Å². The van der Waals surface area contributed by atoms with Crippen LogP contribution in [0.15, 0.2) is 53.4 Å². The molecule has 1 N–H and O–H groups in total. The summed E-state index contributed by atoms with van der Waals surface area (Å²) < 4.78 is 39.5. The number of halogens is 3. The maximum atomic E-state index is 13.4. The van der Waals surface area contributed by atoms with E-state index in [1.54, 1.807) is 30.3 Å². The molecule has 0 spiro atoms. The van der Waals surface area contributed by atoms with E-state index in [4.69, 9.17) is 0 Å². The minimum Gasteiger partial charge on any atom is -0.479 e. The Morgan fingerprint density at radius 3 is 2.24 bits per heavy atom. The van der Waals surface area contributed by atoms with E-state index in [9.17, 15) is 27.9 Å². The van der Waals surface area contributed by atoms with Crippen LogP contribution < -0.4 is 0 Å². The van der Waals surface area contributed by atoms with Crippen molar-refractivity contribution in [1.82, 2.24) is 4.90 Å². The second-order valence-corrected chi connectivity index (χ2v) is 7.51. The number of rotatable bonds is 5. The molecule has 1 unspecified atom stereocenters. The van der Waals surface area contributed by atoms with Crippen LogP contribution in [0, 0.1) is 0 Å². The summed E-state index contributed by atoms with van der Waals surface area (Å²) in [6.45, 7) is 0. The number of aliphatic carboxylic acids is 1. The lowest BCUT2D eigenvalue weighted by atomic mass is 10.00. The molecule has 1 aliphatic carbocycles. The topological polar surface area (TPSA) is 57.6 Å². The van der Waals surface area contributed by atoms with Gasteiger partial charge in [-0.25, -0.2) is 4.79 Å². The zero-order valence-electron chi connectivity index (χ0n) is 15.4. The van der Waals surface area contributed by atoms with Crippen molar-refractivity contribution in [2.24, 2.45) is 0 Å². The predicted octanol–water partition coefficient (Wildman–Crippen LogP) is 5.20. The highest BCUT2D eigenvalue weighted by atomic mass is 32.1. The van der Waals surface area contributed by atoms with E-state index >= 15 is 0 Å². The Bertz CT molecular complexity index is 896. The summed E-state index contributed by atoms with van der Waals surface area (Å²) in [5.41, 5.74) is -0.832. The largest absolute Gasteiger partial charge is 0.479 e. The van der Waals surface area contributed by atoms with Crippen LogP contribution in [0.5, 0.6) is 0 Å². The maximum Gasteiger partial charge on any atom is 0.416 e. The summed E-state index contributed by atoms with van der Waals surface area (Å²) in [6, 6.07) is 9.30. The molecular formula is C21H20F3NO3S. The summed E-state index contributed by atoms with van der Waals surface area (Å²) in [5, 5.41) is 9.91. The third-order valence-electron chi connectivity index (χ3n) is 5.13. The van der Waals surface area contributed by atoms with E-state index in [1.807, 2.05) is 0 Å². The normalized spacial score (nSPS) is 15.9. The van der Waals surface area contributed by atoms with Gasteiger partial charge in [0.15, 0.2) is 6.04 Å². The number of hydrogen-bond donors (Lipinski definition) is 2. The zero-order chi connectivity index (χ0) is 21.2. The molecule has 0 radical (unpaired) electrons. The molecule has 0 heterocycles. The van der Waals surface area contributed by atoms with Crippen LogP contribution in [0.4, 0.5) is 13.2 Å². The van der Waals surface area contributed by atoms with Crippen LogP contribution in [-0.2, 0) is 11.0 Å². The minimum absolute atomic E-state index is 0.0724. The van der Waals surface area contributed by atoms with Crippen LogP contribution >= 0.6 is 12.6 Å². The molecule has 2 aromatic rings. The predicted molar refractivity (Wildman–Crippen MR) is 104 cm³/mol. The number of carboxylic acids is 1. The van der Waals surface area contributed by atoms with Crippen LogP contribution in [-0.4, -0.2) is 27.9 Å². The van der Waals surface area contributed by atoms with Crippen molar-refractivity contribution in [3.63, 3.8) is 0 Å². The van der Waals surface area contributed by atoms with Gasteiger partial charge in [0.05, 0.1) is 11.1 Å². The lowest BCUT2D eigenvalue weighted by Gasteiger charge is -2.35. The van der Waals surface area contributed by atoms with Gasteiger partial charge < -0.3 is 10.0 Å². The molecule has 3 rings (SSSR count). The number of hydrogen-bond acceptors (Lipinski definition) is 3. The van der Waals surface area contributed by atoms with E-state index in [-0.39, 0.29) is 16.5 Å². The van der Waals surface area contributed by atoms with Gasteiger partial charge in [0.1, 0.15) is 0 Å².